The zero-order chi connectivity index (χ0) is 15.8. The van der Waals surface area contributed by atoms with Crippen LogP contribution in [0.4, 0.5) is 0 Å². The molecule has 0 spiro atoms. The first-order chi connectivity index (χ1) is 9.67. The number of carbonyl (C=O) groups is 1. The molecule has 2 fully saturated rings. The van der Waals surface area contributed by atoms with E-state index in [1.165, 1.54) is 19.3 Å². The van der Waals surface area contributed by atoms with Gasteiger partial charge in [-0.15, -0.1) is 0 Å². The van der Waals surface area contributed by atoms with E-state index in [9.17, 15) is 4.79 Å². The zero-order valence-corrected chi connectivity index (χ0v) is 14.8. The van der Waals surface area contributed by atoms with Gasteiger partial charge in [-0.2, -0.15) is 0 Å². The van der Waals surface area contributed by atoms with Crippen molar-refractivity contribution in [3.8, 4) is 0 Å². The Morgan fingerprint density at radius 1 is 1.24 bits per heavy atom. The van der Waals surface area contributed by atoms with Gasteiger partial charge in [0.25, 0.3) is 0 Å². The topological polar surface area (TPSA) is 41.1 Å². The van der Waals surface area contributed by atoms with Crippen LogP contribution in [-0.4, -0.2) is 24.5 Å². The Kier molecular flexibility index (Phi) is 4.72. The summed E-state index contributed by atoms with van der Waals surface area (Å²) >= 11 is 0. The summed E-state index contributed by atoms with van der Waals surface area (Å²) in [4.78, 5) is 12.3. The second-order valence-corrected chi connectivity index (χ2v) is 8.71. The van der Waals surface area contributed by atoms with Crippen LogP contribution in [-0.2, 0) is 4.79 Å². The molecule has 2 rings (SSSR count). The number of nitrogens with one attached hydrogen (secondary N) is 2. The number of rotatable bonds is 6. The molecule has 0 aromatic rings. The summed E-state index contributed by atoms with van der Waals surface area (Å²) < 4.78 is 0. The Labute approximate surface area is 130 Å². The SMILES string of the molecule is CC(C)CCNC(=O)C(C)NC1C2(C)CCC(C2)C1(C)C. The standard InChI is InChI=1S/C18H34N2O/c1-12(2)8-10-19-15(21)13(3)20-16-17(4,5)14-7-9-18(16,6)11-14/h12-14,16,20H,7-11H2,1-6H3,(H,19,21). The van der Waals surface area contributed by atoms with E-state index < -0.39 is 0 Å². The van der Waals surface area contributed by atoms with Crippen LogP contribution >= 0.6 is 0 Å². The van der Waals surface area contributed by atoms with Gasteiger partial charge in [-0.25, -0.2) is 0 Å². The van der Waals surface area contributed by atoms with Gasteiger partial charge in [0.05, 0.1) is 6.04 Å². The van der Waals surface area contributed by atoms with Crippen LogP contribution in [0, 0.1) is 22.7 Å². The van der Waals surface area contributed by atoms with Gasteiger partial charge in [-0.3, -0.25) is 4.79 Å². The predicted octanol–water partition coefficient (Wildman–Crippen LogP) is 3.34. The highest BCUT2D eigenvalue weighted by molar-refractivity contribution is 5.81. The van der Waals surface area contributed by atoms with Crippen LogP contribution in [0.1, 0.15) is 67.2 Å². The van der Waals surface area contributed by atoms with Crippen LogP contribution in [0.2, 0.25) is 0 Å². The molecule has 0 saturated heterocycles. The molecule has 1 amide bonds. The molecule has 4 atom stereocenters. The van der Waals surface area contributed by atoms with Gasteiger partial charge in [0.15, 0.2) is 0 Å². The van der Waals surface area contributed by atoms with Gasteiger partial charge in [0.2, 0.25) is 5.91 Å². The predicted molar refractivity (Wildman–Crippen MR) is 88.1 cm³/mol. The van der Waals surface area contributed by atoms with Crippen molar-refractivity contribution in [2.45, 2.75) is 79.3 Å². The van der Waals surface area contributed by atoms with Crippen molar-refractivity contribution >= 4 is 5.91 Å². The lowest BCUT2D eigenvalue weighted by Gasteiger charge is -2.44. The summed E-state index contributed by atoms with van der Waals surface area (Å²) in [5, 5.41) is 6.74. The number of fused-ring (bicyclic) bond motifs is 2. The minimum Gasteiger partial charge on any atom is -0.355 e. The average molecular weight is 294 g/mol. The summed E-state index contributed by atoms with van der Waals surface area (Å²) in [6.45, 7) is 14.3. The maximum Gasteiger partial charge on any atom is 0.236 e. The maximum atomic E-state index is 12.3. The van der Waals surface area contributed by atoms with Crippen molar-refractivity contribution in [3.63, 3.8) is 0 Å². The second kappa shape index (κ2) is 5.91. The summed E-state index contributed by atoms with van der Waals surface area (Å²) in [5.74, 6) is 1.60. The Balaban J connectivity index is 1.90. The normalized spacial score (nSPS) is 35.2. The molecule has 2 aliphatic carbocycles. The molecule has 0 aromatic carbocycles. The third-order valence-electron chi connectivity index (χ3n) is 6.10. The first-order valence-electron chi connectivity index (χ1n) is 8.70. The van der Waals surface area contributed by atoms with E-state index in [-0.39, 0.29) is 11.9 Å². The summed E-state index contributed by atoms with van der Waals surface area (Å²) in [7, 11) is 0. The summed E-state index contributed by atoms with van der Waals surface area (Å²) in [6.07, 6.45) is 5.03. The van der Waals surface area contributed by atoms with Crippen molar-refractivity contribution in [2.24, 2.45) is 22.7 Å². The van der Waals surface area contributed by atoms with Gasteiger partial charge >= 0.3 is 0 Å². The van der Waals surface area contributed by atoms with Crippen LogP contribution in [0.5, 0.6) is 0 Å². The first-order valence-corrected chi connectivity index (χ1v) is 8.70. The molecular weight excluding hydrogens is 260 g/mol. The average Bonchev–Trinajstić information content (AvgIpc) is 2.85. The number of carbonyl (C=O) groups excluding carboxylic acids is 1. The molecule has 2 bridgehead atoms. The quantitative estimate of drug-likeness (QED) is 0.789. The Morgan fingerprint density at radius 3 is 2.43 bits per heavy atom. The Bertz CT molecular complexity index is 386. The molecule has 21 heavy (non-hydrogen) atoms. The molecule has 3 heteroatoms. The van der Waals surface area contributed by atoms with Crippen molar-refractivity contribution in [1.29, 1.82) is 0 Å². The molecule has 2 aliphatic rings. The minimum atomic E-state index is -0.0994. The Hall–Kier alpha value is -0.570. The molecule has 122 valence electrons. The highest BCUT2D eigenvalue weighted by Crippen LogP contribution is 2.62. The van der Waals surface area contributed by atoms with Crippen LogP contribution in [0.15, 0.2) is 0 Å². The third-order valence-corrected chi connectivity index (χ3v) is 6.10. The van der Waals surface area contributed by atoms with Gasteiger partial charge in [-0.1, -0.05) is 34.6 Å². The largest absolute Gasteiger partial charge is 0.355 e. The van der Waals surface area contributed by atoms with E-state index in [1.54, 1.807) is 0 Å². The van der Waals surface area contributed by atoms with E-state index in [2.05, 4.69) is 45.3 Å². The second-order valence-electron chi connectivity index (χ2n) is 8.71. The number of hydrogen-bond donors (Lipinski definition) is 2. The fraction of sp³-hybridized carbons (Fsp3) is 0.944. The van der Waals surface area contributed by atoms with Crippen LogP contribution in [0.3, 0.4) is 0 Å². The van der Waals surface area contributed by atoms with E-state index in [4.69, 9.17) is 0 Å². The third kappa shape index (κ3) is 3.28. The molecule has 2 N–H and O–H groups in total. The van der Waals surface area contributed by atoms with Gasteiger partial charge in [0, 0.05) is 12.6 Å². The smallest absolute Gasteiger partial charge is 0.236 e. The summed E-state index contributed by atoms with van der Waals surface area (Å²) in [6, 6.07) is 0.354. The zero-order valence-electron chi connectivity index (χ0n) is 14.8. The lowest BCUT2D eigenvalue weighted by Crippen LogP contribution is -2.56. The van der Waals surface area contributed by atoms with E-state index in [1.807, 2.05) is 6.92 Å². The summed E-state index contributed by atoms with van der Waals surface area (Å²) in [5.41, 5.74) is 0.681. The molecule has 0 aliphatic heterocycles. The molecule has 0 aromatic heterocycles. The molecular formula is C18H34N2O. The van der Waals surface area contributed by atoms with Crippen LogP contribution < -0.4 is 10.6 Å². The van der Waals surface area contributed by atoms with Gasteiger partial charge in [0.1, 0.15) is 0 Å². The van der Waals surface area contributed by atoms with Gasteiger partial charge in [-0.05, 0) is 55.3 Å². The molecule has 3 nitrogen and oxygen atoms in total. The van der Waals surface area contributed by atoms with E-state index >= 15 is 0 Å². The van der Waals surface area contributed by atoms with Crippen molar-refractivity contribution in [3.05, 3.63) is 0 Å². The van der Waals surface area contributed by atoms with Crippen LogP contribution in [0.25, 0.3) is 0 Å². The van der Waals surface area contributed by atoms with Crippen molar-refractivity contribution in [1.82, 2.24) is 10.6 Å². The monoisotopic (exact) mass is 294 g/mol. The fourth-order valence-electron chi connectivity index (χ4n) is 4.68. The number of hydrogen-bond acceptors (Lipinski definition) is 2. The first kappa shape index (κ1) is 16.8. The highest BCUT2D eigenvalue weighted by Gasteiger charge is 2.59. The minimum absolute atomic E-state index is 0.0994. The fourth-order valence-corrected chi connectivity index (χ4v) is 4.68. The lowest BCUT2D eigenvalue weighted by molar-refractivity contribution is -0.123. The van der Waals surface area contributed by atoms with Gasteiger partial charge < -0.3 is 10.6 Å². The molecule has 0 radical (unpaired) electrons. The molecule has 2 saturated carbocycles. The molecule has 4 unspecified atom stereocenters. The van der Waals surface area contributed by atoms with E-state index in [0.717, 1.165) is 18.9 Å². The number of amides is 1. The Morgan fingerprint density at radius 2 is 1.90 bits per heavy atom. The van der Waals surface area contributed by atoms with Crippen molar-refractivity contribution < 1.29 is 4.79 Å². The van der Waals surface area contributed by atoms with Crippen molar-refractivity contribution in [2.75, 3.05) is 6.54 Å². The maximum absolute atomic E-state index is 12.3. The van der Waals surface area contributed by atoms with E-state index in [0.29, 0.717) is 22.8 Å². The highest BCUT2D eigenvalue weighted by atomic mass is 16.2. The lowest BCUT2D eigenvalue weighted by atomic mass is 9.68. The molecule has 0 heterocycles.